The monoisotopic (exact) mass is 264 g/mol. The smallest absolute Gasteiger partial charge is 0.335 e. The lowest BCUT2D eigenvalue weighted by atomic mass is 10.2. The molecule has 1 rings (SSSR count). The highest BCUT2D eigenvalue weighted by molar-refractivity contribution is 5.87. The summed E-state index contributed by atoms with van der Waals surface area (Å²) in [5, 5.41) is 8.77. The third-order valence-corrected chi connectivity index (χ3v) is 2.31. The molecule has 0 spiro atoms. The number of carboxylic acids is 1. The fourth-order valence-corrected chi connectivity index (χ4v) is 1.38. The van der Waals surface area contributed by atoms with Gasteiger partial charge in [0.1, 0.15) is 5.75 Å². The van der Waals surface area contributed by atoms with Crippen molar-refractivity contribution in [1.82, 2.24) is 0 Å². The lowest BCUT2D eigenvalue weighted by Gasteiger charge is -2.18. The number of aromatic carboxylic acids is 1. The number of carbonyl (C=O) groups excluding carboxylic acids is 1. The zero-order chi connectivity index (χ0) is 14.3. The van der Waals surface area contributed by atoms with Crippen LogP contribution < -0.4 is 4.74 Å². The topological polar surface area (TPSA) is 72.8 Å². The molecule has 0 aliphatic carbocycles. The van der Waals surface area contributed by atoms with Crippen LogP contribution in [0, 0.1) is 0 Å². The van der Waals surface area contributed by atoms with Gasteiger partial charge in [-0.2, -0.15) is 0 Å². The van der Waals surface area contributed by atoms with E-state index in [2.05, 4.69) is 6.58 Å². The van der Waals surface area contributed by atoms with E-state index in [0.29, 0.717) is 12.2 Å². The first-order valence-corrected chi connectivity index (χ1v) is 5.90. The molecule has 1 aromatic carbocycles. The van der Waals surface area contributed by atoms with Crippen LogP contribution in [0.15, 0.2) is 36.9 Å². The minimum Gasteiger partial charge on any atom is -0.478 e. The molecule has 0 radical (unpaired) electrons. The predicted molar refractivity (Wildman–Crippen MR) is 69.0 cm³/mol. The van der Waals surface area contributed by atoms with Crippen LogP contribution >= 0.6 is 0 Å². The van der Waals surface area contributed by atoms with Gasteiger partial charge in [-0.1, -0.05) is 13.5 Å². The Kier molecular flexibility index (Phi) is 5.60. The molecule has 5 heteroatoms. The highest BCUT2D eigenvalue weighted by Gasteiger charge is 2.13. The minimum absolute atomic E-state index is 0.169. The fraction of sp³-hybridized carbons (Fsp3) is 0.286. The summed E-state index contributed by atoms with van der Waals surface area (Å²) in [5.74, 6) is -1.12. The molecule has 1 atom stereocenters. The SMILES string of the molecule is C=CC(=O)OC(CCC)Oc1ccc(C(=O)O)cc1. The second kappa shape index (κ2) is 7.20. The summed E-state index contributed by atoms with van der Waals surface area (Å²) in [6.45, 7) is 5.25. The van der Waals surface area contributed by atoms with Gasteiger partial charge < -0.3 is 14.6 Å². The van der Waals surface area contributed by atoms with Gasteiger partial charge in [0, 0.05) is 12.5 Å². The third-order valence-electron chi connectivity index (χ3n) is 2.31. The van der Waals surface area contributed by atoms with Crippen molar-refractivity contribution < 1.29 is 24.2 Å². The molecular formula is C14H16O5. The number of ether oxygens (including phenoxy) is 2. The molecular weight excluding hydrogens is 248 g/mol. The van der Waals surface area contributed by atoms with E-state index in [1.807, 2.05) is 6.92 Å². The number of carbonyl (C=O) groups is 2. The summed E-state index contributed by atoms with van der Waals surface area (Å²) >= 11 is 0. The van der Waals surface area contributed by atoms with Crippen LogP contribution in [0.5, 0.6) is 5.75 Å². The van der Waals surface area contributed by atoms with Gasteiger partial charge in [-0.05, 0) is 30.7 Å². The van der Waals surface area contributed by atoms with Crippen molar-refractivity contribution in [3.63, 3.8) is 0 Å². The number of esters is 1. The van der Waals surface area contributed by atoms with E-state index >= 15 is 0 Å². The van der Waals surface area contributed by atoms with E-state index in [-0.39, 0.29) is 5.56 Å². The Morgan fingerprint density at radius 2 is 2.00 bits per heavy atom. The van der Waals surface area contributed by atoms with Crippen LogP contribution in [0.25, 0.3) is 0 Å². The Hall–Kier alpha value is -2.30. The first kappa shape index (κ1) is 14.8. The average Bonchev–Trinajstić information content (AvgIpc) is 2.39. The number of benzene rings is 1. The standard InChI is InChI=1S/C14H16O5/c1-3-5-13(19-12(15)4-2)18-11-8-6-10(7-9-11)14(16)17/h4,6-9,13H,2-3,5H2,1H3,(H,16,17). The third kappa shape index (κ3) is 4.83. The second-order valence-corrected chi connectivity index (χ2v) is 3.81. The molecule has 5 nitrogen and oxygen atoms in total. The maximum atomic E-state index is 11.1. The summed E-state index contributed by atoms with van der Waals surface area (Å²) in [6.07, 6.45) is 1.69. The molecule has 1 aromatic rings. The Bertz CT molecular complexity index is 449. The van der Waals surface area contributed by atoms with Crippen LogP contribution in [-0.2, 0) is 9.53 Å². The molecule has 0 aromatic heterocycles. The summed E-state index contributed by atoms with van der Waals surface area (Å²) in [4.78, 5) is 21.8. The van der Waals surface area contributed by atoms with Crippen molar-refractivity contribution in [2.45, 2.75) is 26.1 Å². The molecule has 0 heterocycles. The number of carboxylic acid groups (broad SMARTS) is 1. The van der Waals surface area contributed by atoms with Crippen molar-refractivity contribution in [2.24, 2.45) is 0 Å². The molecule has 0 saturated carbocycles. The van der Waals surface area contributed by atoms with Crippen molar-refractivity contribution in [3.05, 3.63) is 42.5 Å². The molecule has 19 heavy (non-hydrogen) atoms. The van der Waals surface area contributed by atoms with Gasteiger partial charge in [0.2, 0.25) is 6.29 Å². The summed E-state index contributed by atoms with van der Waals surface area (Å²) in [6, 6.07) is 5.90. The van der Waals surface area contributed by atoms with Gasteiger partial charge in [-0.25, -0.2) is 9.59 Å². The zero-order valence-corrected chi connectivity index (χ0v) is 10.7. The zero-order valence-electron chi connectivity index (χ0n) is 10.7. The van der Waals surface area contributed by atoms with Gasteiger partial charge in [-0.3, -0.25) is 0 Å². The van der Waals surface area contributed by atoms with Crippen LogP contribution in [0.4, 0.5) is 0 Å². The molecule has 1 unspecified atom stereocenters. The van der Waals surface area contributed by atoms with Gasteiger partial charge in [0.05, 0.1) is 5.56 Å². The van der Waals surface area contributed by atoms with Crippen molar-refractivity contribution in [2.75, 3.05) is 0 Å². The molecule has 0 aliphatic rings. The fourth-order valence-electron chi connectivity index (χ4n) is 1.38. The summed E-state index contributed by atoms with van der Waals surface area (Å²) in [5.41, 5.74) is 0.169. The maximum Gasteiger partial charge on any atom is 0.335 e. The predicted octanol–water partition coefficient (Wildman–Crippen LogP) is 2.62. The summed E-state index contributed by atoms with van der Waals surface area (Å²) in [7, 11) is 0. The van der Waals surface area contributed by atoms with Crippen molar-refractivity contribution in [1.29, 1.82) is 0 Å². The first-order chi connectivity index (χ1) is 9.06. The van der Waals surface area contributed by atoms with Gasteiger partial charge in [-0.15, -0.1) is 0 Å². The second-order valence-electron chi connectivity index (χ2n) is 3.81. The van der Waals surface area contributed by atoms with Gasteiger partial charge in [0.15, 0.2) is 0 Å². The molecule has 102 valence electrons. The highest BCUT2D eigenvalue weighted by atomic mass is 16.7. The van der Waals surface area contributed by atoms with Crippen LogP contribution in [0.1, 0.15) is 30.1 Å². The lowest BCUT2D eigenvalue weighted by Crippen LogP contribution is -2.23. The Labute approximate surface area is 111 Å². The summed E-state index contributed by atoms with van der Waals surface area (Å²) < 4.78 is 10.5. The molecule has 0 aliphatic heterocycles. The normalized spacial score (nSPS) is 11.4. The maximum absolute atomic E-state index is 11.1. The van der Waals surface area contributed by atoms with Crippen molar-refractivity contribution >= 4 is 11.9 Å². The largest absolute Gasteiger partial charge is 0.478 e. The highest BCUT2D eigenvalue weighted by Crippen LogP contribution is 2.16. The molecule has 0 bridgehead atoms. The van der Waals surface area contributed by atoms with E-state index < -0.39 is 18.2 Å². The van der Waals surface area contributed by atoms with E-state index in [9.17, 15) is 9.59 Å². The minimum atomic E-state index is -1.00. The van der Waals surface area contributed by atoms with Crippen molar-refractivity contribution in [3.8, 4) is 5.75 Å². The van der Waals surface area contributed by atoms with Gasteiger partial charge >= 0.3 is 11.9 Å². The Balaban J connectivity index is 2.69. The Morgan fingerprint density at radius 1 is 1.37 bits per heavy atom. The molecule has 0 saturated heterocycles. The molecule has 1 N–H and O–H groups in total. The average molecular weight is 264 g/mol. The van der Waals surface area contributed by atoms with E-state index in [4.69, 9.17) is 14.6 Å². The van der Waals surface area contributed by atoms with Crippen LogP contribution in [0.2, 0.25) is 0 Å². The van der Waals surface area contributed by atoms with Crippen LogP contribution in [0.3, 0.4) is 0 Å². The van der Waals surface area contributed by atoms with Crippen LogP contribution in [-0.4, -0.2) is 23.3 Å². The number of hydrogen-bond donors (Lipinski definition) is 1. The quantitative estimate of drug-likeness (QED) is 0.465. The first-order valence-electron chi connectivity index (χ1n) is 5.90. The van der Waals surface area contributed by atoms with E-state index in [1.165, 1.54) is 24.3 Å². The van der Waals surface area contributed by atoms with E-state index in [1.54, 1.807) is 0 Å². The van der Waals surface area contributed by atoms with E-state index in [0.717, 1.165) is 12.5 Å². The molecule has 0 fully saturated rings. The molecule has 0 amide bonds. The lowest BCUT2D eigenvalue weighted by molar-refractivity contribution is -0.158. The number of rotatable bonds is 7. The number of hydrogen-bond acceptors (Lipinski definition) is 4. The van der Waals surface area contributed by atoms with Gasteiger partial charge in [0.25, 0.3) is 0 Å². The Morgan fingerprint density at radius 3 is 2.47 bits per heavy atom.